The molecule has 90 valence electrons. The Morgan fingerprint density at radius 2 is 1.94 bits per heavy atom. The molecule has 17 heavy (non-hydrogen) atoms. The Morgan fingerprint density at radius 1 is 1.12 bits per heavy atom. The number of hydrogen-bond acceptors (Lipinski definition) is 2. The van der Waals surface area contributed by atoms with Crippen LogP contribution in [0.1, 0.15) is 6.42 Å². The fourth-order valence-electron chi connectivity index (χ4n) is 2.53. The predicted octanol–water partition coefficient (Wildman–Crippen LogP) is 1.71. The number of likely N-dealkylation sites (tertiary alicyclic amines) is 1. The summed E-state index contributed by atoms with van der Waals surface area (Å²) in [6.45, 7) is 3.85. The summed E-state index contributed by atoms with van der Waals surface area (Å²) in [6, 6.07) is 10.7. The zero-order valence-electron chi connectivity index (χ0n) is 9.92. The number of fused-ring (bicyclic) bond motifs is 1. The molecule has 0 radical (unpaired) electrons. The molecule has 0 bridgehead atoms. The average molecular weight is 230 g/mol. The van der Waals surface area contributed by atoms with Gasteiger partial charge in [-0.25, -0.2) is 0 Å². The third kappa shape index (κ3) is 2.21. The van der Waals surface area contributed by atoms with Gasteiger partial charge in [-0.15, -0.1) is 0 Å². The van der Waals surface area contributed by atoms with E-state index in [0.717, 1.165) is 32.6 Å². The van der Waals surface area contributed by atoms with Crippen LogP contribution in [0.2, 0.25) is 0 Å². The monoisotopic (exact) mass is 230 g/mol. The van der Waals surface area contributed by atoms with Crippen molar-refractivity contribution >= 4 is 10.9 Å². The fourth-order valence-corrected chi connectivity index (χ4v) is 2.53. The molecule has 1 aromatic carbocycles. The van der Waals surface area contributed by atoms with Crippen LogP contribution in [-0.2, 0) is 6.54 Å². The molecule has 3 heteroatoms. The molecule has 1 saturated heterocycles. The van der Waals surface area contributed by atoms with Crippen molar-refractivity contribution in [3.05, 3.63) is 36.5 Å². The van der Waals surface area contributed by atoms with E-state index < -0.39 is 0 Å². The summed E-state index contributed by atoms with van der Waals surface area (Å²) in [7, 11) is 0. The number of hydrogen-bond donors (Lipinski definition) is 1. The molecule has 0 unspecified atom stereocenters. The first-order valence-electron chi connectivity index (χ1n) is 6.27. The lowest BCUT2D eigenvalue weighted by atomic mass is 10.1. The van der Waals surface area contributed by atoms with E-state index in [2.05, 4.69) is 46.0 Å². The van der Waals surface area contributed by atoms with Crippen LogP contribution in [0.25, 0.3) is 10.9 Å². The predicted molar refractivity (Wildman–Crippen MR) is 69.0 cm³/mol. The maximum Gasteiger partial charge on any atom is 0.0793 e. The second-order valence-electron chi connectivity index (χ2n) is 4.83. The van der Waals surface area contributed by atoms with Crippen molar-refractivity contribution in [1.82, 2.24) is 9.47 Å². The van der Waals surface area contributed by atoms with E-state index in [0.29, 0.717) is 0 Å². The van der Waals surface area contributed by atoms with Crippen LogP contribution >= 0.6 is 0 Å². The topological polar surface area (TPSA) is 28.4 Å². The molecule has 0 spiro atoms. The summed E-state index contributed by atoms with van der Waals surface area (Å²) in [4.78, 5) is 2.30. The average Bonchev–Trinajstić information content (AvgIpc) is 2.70. The molecule has 0 aliphatic carbocycles. The highest BCUT2D eigenvalue weighted by atomic mass is 16.3. The molecule has 1 aliphatic heterocycles. The van der Waals surface area contributed by atoms with Gasteiger partial charge in [0.2, 0.25) is 0 Å². The van der Waals surface area contributed by atoms with Crippen molar-refractivity contribution < 1.29 is 5.11 Å². The highest BCUT2D eigenvalue weighted by Gasteiger charge is 2.23. The summed E-state index contributed by atoms with van der Waals surface area (Å²) < 4.78 is 2.31. The molecule has 2 heterocycles. The maximum atomic E-state index is 9.20. The van der Waals surface area contributed by atoms with Crippen molar-refractivity contribution in [2.45, 2.75) is 19.1 Å². The molecular formula is C14H18N2O. The number of β-amino-alcohol motifs (C(OH)–C–C–N with tert-alkyl or cyclic N) is 1. The van der Waals surface area contributed by atoms with Gasteiger partial charge in [-0.3, -0.25) is 4.90 Å². The maximum absolute atomic E-state index is 9.20. The van der Waals surface area contributed by atoms with E-state index >= 15 is 0 Å². The van der Waals surface area contributed by atoms with Crippen LogP contribution in [0, 0.1) is 0 Å². The third-order valence-electron chi connectivity index (χ3n) is 3.49. The zero-order chi connectivity index (χ0) is 11.7. The van der Waals surface area contributed by atoms with Gasteiger partial charge in [-0.2, -0.15) is 0 Å². The Bertz CT molecular complexity index is 500. The van der Waals surface area contributed by atoms with Gasteiger partial charge < -0.3 is 9.67 Å². The minimum atomic E-state index is -0.0811. The first-order valence-corrected chi connectivity index (χ1v) is 6.27. The highest BCUT2D eigenvalue weighted by Crippen LogP contribution is 2.16. The molecule has 2 aromatic rings. The molecule has 1 fully saturated rings. The van der Waals surface area contributed by atoms with Crippen LogP contribution in [0.15, 0.2) is 36.5 Å². The summed E-state index contributed by atoms with van der Waals surface area (Å²) >= 11 is 0. The third-order valence-corrected chi connectivity index (χ3v) is 3.49. The first-order chi connectivity index (χ1) is 8.33. The highest BCUT2D eigenvalue weighted by molar-refractivity contribution is 5.79. The van der Waals surface area contributed by atoms with Crippen LogP contribution in [0.3, 0.4) is 0 Å². The number of aryl methyl sites for hydroxylation is 1. The quantitative estimate of drug-likeness (QED) is 0.866. The first kappa shape index (κ1) is 10.8. The molecule has 1 N–H and O–H groups in total. The van der Waals surface area contributed by atoms with Crippen molar-refractivity contribution in [2.75, 3.05) is 19.6 Å². The van der Waals surface area contributed by atoms with Crippen LogP contribution in [-0.4, -0.2) is 40.3 Å². The van der Waals surface area contributed by atoms with Crippen molar-refractivity contribution in [2.24, 2.45) is 0 Å². The lowest BCUT2D eigenvalue weighted by molar-refractivity contribution is 0.00128. The molecule has 1 aliphatic rings. The number of para-hydroxylation sites is 1. The number of benzene rings is 1. The van der Waals surface area contributed by atoms with E-state index in [1.807, 2.05) is 0 Å². The SMILES string of the molecule is OC1CN(CCCn2ccc3ccccc32)C1. The van der Waals surface area contributed by atoms with Gasteiger partial charge in [0.15, 0.2) is 0 Å². The van der Waals surface area contributed by atoms with Crippen LogP contribution in [0.5, 0.6) is 0 Å². The summed E-state index contributed by atoms with van der Waals surface area (Å²) in [6.07, 6.45) is 3.23. The molecule has 0 amide bonds. The molecule has 3 rings (SSSR count). The molecule has 3 nitrogen and oxygen atoms in total. The van der Waals surface area contributed by atoms with Gasteiger partial charge in [-0.05, 0) is 23.9 Å². The molecule has 0 saturated carbocycles. The van der Waals surface area contributed by atoms with E-state index in [1.54, 1.807) is 0 Å². The van der Waals surface area contributed by atoms with Gasteiger partial charge in [0.05, 0.1) is 6.10 Å². The Morgan fingerprint density at radius 3 is 2.76 bits per heavy atom. The lowest BCUT2D eigenvalue weighted by Crippen LogP contribution is -2.50. The Balaban J connectivity index is 1.58. The summed E-state index contributed by atoms with van der Waals surface area (Å²) in [5.74, 6) is 0. The zero-order valence-corrected chi connectivity index (χ0v) is 9.92. The van der Waals surface area contributed by atoms with Crippen molar-refractivity contribution in [3.8, 4) is 0 Å². The van der Waals surface area contributed by atoms with E-state index in [9.17, 15) is 5.11 Å². The summed E-state index contributed by atoms with van der Waals surface area (Å²) in [5, 5.41) is 10.5. The van der Waals surface area contributed by atoms with E-state index in [-0.39, 0.29) is 6.10 Å². The molecular weight excluding hydrogens is 212 g/mol. The number of aliphatic hydroxyl groups is 1. The minimum Gasteiger partial charge on any atom is -0.390 e. The number of rotatable bonds is 4. The van der Waals surface area contributed by atoms with Gasteiger partial charge in [0.1, 0.15) is 0 Å². The smallest absolute Gasteiger partial charge is 0.0793 e. The van der Waals surface area contributed by atoms with Gasteiger partial charge in [-0.1, -0.05) is 18.2 Å². The fraction of sp³-hybridized carbons (Fsp3) is 0.429. The standard InChI is InChI=1S/C14H18N2O/c17-13-10-15(11-13)7-3-8-16-9-6-12-4-1-2-5-14(12)16/h1-2,4-6,9,13,17H,3,7-8,10-11H2. The molecule has 0 atom stereocenters. The largest absolute Gasteiger partial charge is 0.390 e. The normalized spacial score (nSPS) is 17.5. The number of aromatic nitrogens is 1. The molecule has 1 aromatic heterocycles. The minimum absolute atomic E-state index is 0.0811. The van der Waals surface area contributed by atoms with Gasteiger partial charge >= 0.3 is 0 Å². The Labute approximate surface area is 101 Å². The Kier molecular flexibility index (Phi) is 2.87. The summed E-state index contributed by atoms with van der Waals surface area (Å²) in [5.41, 5.74) is 1.32. The van der Waals surface area contributed by atoms with Crippen molar-refractivity contribution in [1.29, 1.82) is 0 Å². The number of aliphatic hydroxyl groups excluding tert-OH is 1. The second-order valence-corrected chi connectivity index (χ2v) is 4.83. The van der Waals surface area contributed by atoms with Crippen molar-refractivity contribution in [3.63, 3.8) is 0 Å². The van der Waals surface area contributed by atoms with Gasteiger partial charge in [0.25, 0.3) is 0 Å². The van der Waals surface area contributed by atoms with E-state index in [1.165, 1.54) is 10.9 Å². The van der Waals surface area contributed by atoms with Gasteiger partial charge in [0, 0.05) is 37.9 Å². The number of nitrogens with zero attached hydrogens (tertiary/aromatic N) is 2. The second kappa shape index (κ2) is 4.51. The van der Waals surface area contributed by atoms with Crippen LogP contribution < -0.4 is 0 Å². The van der Waals surface area contributed by atoms with E-state index in [4.69, 9.17) is 0 Å². The lowest BCUT2D eigenvalue weighted by Gasteiger charge is -2.35. The van der Waals surface area contributed by atoms with Crippen LogP contribution in [0.4, 0.5) is 0 Å². The Hall–Kier alpha value is -1.32.